The molecule has 1 N–H and O–H groups in total. The highest BCUT2D eigenvalue weighted by atomic mass is 16.4. The highest BCUT2D eigenvalue weighted by molar-refractivity contribution is 6.00. The molecule has 0 saturated heterocycles. The Hall–Kier alpha value is -2.50. The summed E-state index contributed by atoms with van der Waals surface area (Å²) in [5, 5.41) is 8.57. The number of rotatable bonds is 11. The number of fused-ring (bicyclic) bond motifs is 7. The Kier molecular flexibility index (Phi) is 14.9. The first-order valence-electron chi connectivity index (χ1n) is 24.1. The van der Waals surface area contributed by atoms with E-state index in [0.717, 1.165) is 44.4 Å². The molecule has 59 heavy (non-hydrogen) atoms. The van der Waals surface area contributed by atoms with E-state index in [4.69, 9.17) is 5.11 Å². The summed E-state index contributed by atoms with van der Waals surface area (Å²) in [6, 6.07) is 11.0. The fourth-order valence-corrected chi connectivity index (χ4v) is 14.3. The van der Waals surface area contributed by atoms with Gasteiger partial charge in [0.05, 0.1) is 5.41 Å². The molecule has 10 atom stereocenters. The fourth-order valence-electron chi connectivity index (χ4n) is 14.3. The summed E-state index contributed by atoms with van der Waals surface area (Å²) in [5.74, 6) is 3.30. The number of aliphatic carboxylic acids is 1. The van der Waals surface area contributed by atoms with Crippen LogP contribution in [0.2, 0.25) is 0 Å². The van der Waals surface area contributed by atoms with Gasteiger partial charge in [-0.05, 0) is 149 Å². The van der Waals surface area contributed by atoms with Gasteiger partial charge in [0.1, 0.15) is 0 Å². The Labute approximate surface area is 361 Å². The maximum atomic E-state index is 14.3. The molecule has 1 aromatic carbocycles. The number of allylic oxidation sites excluding steroid dienone is 5. The van der Waals surface area contributed by atoms with Crippen molar-refractivity contribution in [3.8, 4) is 0 Å². The van der Waals surface area contributed by atoms with E-state index in [2.05, 4.69) is 116 Å². The summed E-state index contributed by atoms with van der Waals surface area (Å²) in [7, 11) is 4.38. The van der Waals surface area contributed by atoms with E-state index in [1.807, 2.05) is 26.3 Å². The monoisotopic (exact) mass is 811 g/mol. The van der Waals surface area contributed by atoms with Crippen LogP contribution < -0.4 is 0 Å². The number of Topliss-reactive ketones (excluding diaryl/α,β-unsaturated/α-hetero) is 1. The topological polar surface area (TPSA) is 60.9 Å². The number of ketones is 1. The summed E-state index contributed by atoms with van der Waals surface area (Å²) in [5.41, 5.74) is 7.75. The summed E-state index contributed by atoms with van der Waals surface area (Å²) < 4.78 is 0. The summed E-state index contributed by atoms with van der Waals surface area (Å²) in [6.07, 6.45) is 17.7. The molecule has 7 rings (SSSR count). The molecule has 0 amide bonds. The Morgan fingerprint density at radius 1 is 0.898 bits per heavy atom. The first kappa shape index (κ1) is 47.5. The van der Waals surface area contributed by atoms with Crippen molar-refractivity contribution in [3.05, 3.63) is 70.3 Å². The van der Waals surface area contributed by atoms with Crippen molar-refractivity contribution in [1.82, 2.24) is 9.80 Å². The fraction of sp³-hybridized carbons (Fsp3) is 0.741. The Morgan fingerprint density at radius 3 is 2.10 bits per heavy atom. The van der Waals surface area contributed by atoms with Gasteiger partial charge >= 0.3 is 5.97 Å². The van der Waals surface area contributed by atoms with E-state index in [1.54, 1.807) is 18.6 Å². The summed E-state index contributed by atoms with van der Waals surface area (Å²) in [6.45, 7) is 32.0. The van der Waals surface area contributed by atoms with Crippen molar-refractivity contribution in [2.45, 2.75) is 160 Å². The maximum absolute atomic E-state index is 14.3. The molecule has 0 radical (unpaired) electrons. The van der Waals surface area contributed by atoms with Gasteiger partial charge in [-0.1, -0.05) is 135 Å². The van der Waals surface area contributed by atoms with E-state index in [9.17, 15) is 9.59 Å². The van der Waals surface area contributed by atoms with E-state index in [1.165, 1.54) is 74.5 Å². The second-order valence-electron chi connectivity index (χ2n) is 21.7. The molecule has 9 unspecified atom stereocenters. The molecule has 0 heterocycles. The van der Waals surface area contributed by atoms with Crippen LogP contribution in [0.5, 0.6) is 0 Å². The molecule has 5 heteroatoms. The van der Waals surface area contributed by atoms with Crippen LogP contribution in [-0.2, 0) is 16.1 Å². The van der Waals surface area contributed by atoms with Crippen molar-refractivity contribution in [1.29, 1.82) is 0 Å². The normalized spacial score (nSPS) is 36.7. The number of carbonyl (C=O) groups excluding carboxylic acids is 1. The lowest BCUT2D eigenvalue weighted by atomic mass is 9.40. The maximum Gasteiger partial charge on any atom is 0.313 e. The highest BCUT2D eigenvalue weighted by Gasteiger charge is 2.63. The zero-order valence-electron chi connectivity index (χ0n) is 40.3. The average Bonchev–Trinajstić information content (AvgIpc) is 3.41. The Bertz CT molecular complexity index is 1740. The van der Waals surface area contributed by atoms with Gasteiger partial charge in [-0.3, -0.25) is 14.5 Å². The summed E-state index contributed by atoms with van der Waals surface area (Å²) in [4.78, 5) is 29.7. The molecule has 5 nitrogen and oxygen atoms in total. The molecule has 330 valence electrons. The lowest BCUT2D eigenvalue weighted by Crippen LogP contribution is -2.56. The minimum atomic E-state index is -0.715. The first-order chi connectivity index (χ1) is 27.8. The molecule has 0 aliphatic heterocycles. The predicted molar refractivity (Wildman–Crippen MR) is 248 cm³/mol. The third kappa shape index (κ3) is 8.78. The molecule has 6 aliphatic carbocycles. The number of likely N-dealkylation sites (N-methyl/N-ethyl adjacent to an activating group) is 1. The van der Waals surface area contributed by atoms with Crippen molar-refractivity contribution in [3.63, 3.8) is 0 Å². The molecule has 1 aromatic rings. The minimum absolute atomic E-state index is 0.00787. The van der Waals surface area contributed by atoms with Crippen LogP contribution in [0, 0.1) is 62.6 Å². The second kappa shape index (κ2) is 18.5. The lowest BCUT2D eigenvalue weighted by molar-refractivity contribution is -0.146. The molecule has 0 aromatic heterocycles. The molecular formula is C54H86N2O3. The van der Waals surface area contributed by atoms with Crippen LogP contribution in [0.25, 0.3) is 0 Å². The van der Waals surface area contributed by atoms with Gasteiger partial charge in [0.2, 0.25) is 0 Å². The van der Waals surface area contributed by atoms with Crippen LogP contribution in [0.3, 0.4) is 0 Å². The van der Waals surface area contributed by atoms with E-state index in [0.29, 0.717) is 46.7 Å². The first-order valence-corrected chi connectivity index (χ1v) is 24.1. The van der Waals surface area contributed by atoms with Gasteiger partial charge in [0.15, 0.2) is 5.78 Å². The highest BCUT2D eigenvalue weighted by Crippen LogP contribution is 2.72. The molecule has 3 saturated carbocycles. The van der Waals surface area contributed by atoms with E-state index >= 15 is 0 Å². The molecule has 3 fully saturated rings. The SMILES string of the molecule is CC.CC1=CC(C)(C(=O)O)C1.CCC1(C)C(C)CCC2(C)C3=CCCC4C5=C(C(C)C)C(=O)CC5(C(C)CN(CCN(C)C)Cc5ccccc5)CCC4C3(C)CC[C@H]21. The van der Waals surface area contributed by atoms with Gasteiger partial charge in [0.25, 0.3) is 0 Å². The number of carbonyl (C=O) groups is 2. The van der Waals surface area contributed by atoms with E-state index in [-0.39, 0.29) is 10.8 Å². The smallest absolute Gasteiger partial charge is 0.313 e. The minimum Gasteiger partial charge on any atom is -0.481 e. The van der Waals surface area contributed by atoms with Crippen molar-refractivity contribution in [2.75, 3.05) is 33.7 Å². The number of nitrogens with zero attached hydrogens (tertiary/aromatic N) is 2. The second-order valence-corrected chi connectivity index (χ2v) is 21.7. The van der Waals surface area contributed by atoms with Gasteiger partial charge < -0.3 is 10.0 Å². The van der Waals surface area contributed by atoms with Crippen molar-refractivity contribution < 1.29 is 14.7 Å². The van der Waals surface area contributed by atoms with Crippen LogP contribution in [0.15, 0.2) is 64.8 Å². The lowest BCUT2D eigenvalue weighted by Gasteiger charge is -2.64. The average molecular weight is 811 g/mol. The van der Waals surface area contributed by atoms with Crippen molar-refractivity contribution >= 4 is 11.8 Å². The summed E-state index contributed by atoms with van der Waals surface area (Å²) >= 11 is 0. The van der Waals surface area contributed by atoms with Crippen LogP contribution in [0.1, 0.15) is 159 Å². The zero-order chi connectivity index (χ0) is 43.7. The number of hydrogen-bond donors (Lipinski definition) is 1. The molecule has 0 bridgehead atoms. The van der Waals surface area contributed by atoms with Crippen molar-refractivity contribution in [2.24, 2.45) is 62.6 Å². The van der Waals surface area contributed by atoms with E-state index < -0.39 is 11.4 Å². The third-order valence-corrected chi connectivity index (χ3v) is 17.6. The third-order valence-electron chi connectivity index (χ3n) is 17.6. The number of hydrogen-bond acceptors (Lipinski definition) is 4. The molecule has 0 spiro atoms. The number of benzene rings is 1. The Morgan fingerprint density at radius 2 is 1.54 bits per heavy atom. The zero-order valence-corrected chi connectivity index (χ0v) is 40.3. The van der Waals surface area contributed by atoms with Gasteiger partial charge in [-0.25, -0.2) is 0 Å². The standard InChI is InChI=1S/C45H70N2O.C7H10O2.C2H6/c1-11-42(6)32(4)20-23-44(8)38-19-15-18-35-36(43(38,7)24-22-39(42)44)21-25-45(28-37(48)40(31(2)3)41(35)45)33(5)29-47(27-26-46(9)10)30-34-16-13-12-14-17-34;1-5-3-7(2,4-5)6(8)9;1-2/h12-14,16-17,19,31-33,35-36,39H,11,15,18,20-30H2,1-10H3;3H,4H2,1-2H3,(H,8,9);1-2H3/t32?,33?,35?,36?,39-,42?,43?,44?,45?;;/m0../s1. The molecular weight excluding hydrogens is 725 g/mol. The van der Waals surface area contributed by atoms with Gasteiger partial charge in [0, 0.05) is 38.0 Å². The Balaban J connectivity index is 0.000000527. The van der Waals surface area contributed by atoms with Crippen LogP contribution in [-0.4, -0.2) is 60.4 Å². The number of carboxylic acid groups (broad SMARTS) is 1. The van der Waals surface area contributed by atoms with Gasteiger partial charge in [-0.15, -0.1) is 0 Å². The van der Waals surface area contributed by atoms with Crippen LogP contribution in [0.4, 0.5) is 0 Å². The largest absolute Gasteiger partial charge is 0.481 e. The number of carboxylic acids is 1. The predicted octanol–water partition coefficient (Wildman–Crippen LogP) is 13.1. The van der Waals surface area contributed by atoms with Gasteiger partial charge in [-0.2, -0.15) is 0 Å². The molecule has 6 aliphatic rings. The quantitative estimate of drug-likeness (QED) is 0.226. The van der Waals surface area contributed by atoms with Crippen LogP contribution >= 0.6 is 0 Å².